The van der Waals surface area contributed by atoms with Gasteiger partial charge in [-0.2, -0.15) is 0 Å². The van der Waals surface area contributed by atoms with E-state index in [0.29, 0.717) is 12.8 Å². The number of methoxy groups -OCH3 is 1. The monoisotopic (exact) mass is 407 g/mol. The molecule has 2 N–H and O–H groups in total. The number of aliphatic carboxylic acids is 1. The van der Waals surface area contributed by atoms with Crippen LogP contribution in [0.1, 0.15) is 44.1 Å². The SMILES string of the molecule is COc1ccc(CCS(=O)(=O)NC2=CC(C=CCCCC(=O)O)CCC2)cc1. The Hall–Kier alpha value is -2.28. The van der Waals surface area contributed by atoms with E-state index in [2.05, 4.69) is 4.72 Å². The van der Waals surface area contributed by atoms with Gasteiger partial charge in [0, 0.05) is 12.1 Å². The number of carboxylic acids is 1. The number of rotatable bonds is 11. The van der Waals surface area contributed by atoms with Crippen LogP contribution in [0.4, 0.5) is 0 Å². The van der Waals surface area contributed by atoms with E-state index in [0.717, 1.165) is 42.7 Å². The van der Waals surface area contributed by atoms with Crippen molar-refractivity contribution in [3.8, 4) is 5.75 Å². The quantitative estimate of drug-likeness (QED) is 0.431. The maximum atomic E-state index is 12.4. The van der Waals surface area contributed by atoms with Crippen LogP contribution in [0.5, 0.6) is 5.75 Å². The minimum absolute atomic E-state index is 0.0341. The van der Waals surface area contributed by atoms with Gasteiger partial charge < -0.3 is 9.84 Å². The van der Waals surface area contributed by atoms with Gasteiger partial charge in [0.1, 0.15) is 5.75 Å². The number of carboxylic acid groups (broad SMARTS) is 1. The van der Waals surface area contributed by atoms with E-state index in [4.69, 9.17) is 9.84 Å². The maximum absolute atomic E-state index is 12.4. The smallest absolute Gasteiger partial charge is 0.303 e. The lowest BCUT2D eigenvalue weighted by atomic mass is 9.93. The Labute approximate surface area is 167 Å². The van der Waals surface area contributed by atoms with Crippen molar-refractivity contribution in [2.24, 2.45) is 5.92 Å². The Kier molecular flexibility index (Phi) is 8.57. The molecule has 6 nitrogen and oxygen atoms in total. The van der Waals surface area contributed by atoms with Crippen molar-refractivity contribution in [1.29, 1.82) is 0 Å². The minimum atomic E-state index is -3.40. The molecular weight excluding hydrogens is 378 g/mol. The summed E-state index contributed by atoms with van der Waals surface area (Å²) < 4.78 is 32.7. The van der Waals surface area contributed by atoms with Crippen LogP contribution < -0.4 is 9.46 Å². The molecule has 0 bridgehead atoms. The molecule has 0 amide bonds. The van der Waals surface area contributed by atoms with Gasteiger partial charge in [-0.3, -0.25) is 9.52 Å². The average Bonchev–Trinajstić information content (AvgIpc) is 2.66. The van der Waals surface area contributed by atoms with E-state index < -0.39 is 16.0 Å². The number of hydrogen-bond donors (Lipinski definition) is 2. The molecule has 0 aromatic heterocycles. The van der Waals surface area contributed by atoms with Gasteiger partial charge in [-0.25, -0.2) is 8.42 Å². The predicted octanol–water partition coefficient (Wildman–Crippen LogP) is 3.65. The first-order valence-electron chi connectivity index (χ1n) is 9.60. The molecule has 1 aromatic rings. The van der Waals surface area contributed by atoms with E-state index in [-0.39, 0.29) is 18.1 Å². The van der Waals surface area contributed by atoms with Crippen molar-refractivity contribution in [2.75, 3.05) is 12.9 Å². The lowest BCUT2D eigenvalue weighted by Gasteiger charge is -2.20. The normalized spacial score (nSPS) is 17.3. The number of unbranched alkanes of at least 4 members (excludes halogenated alkanes) is 1. The second kappa shape index (κ2) is 10.9. The molecule has 7 heteroatoms. The molecule has 28 heavy (non-hydrogen) atoms. The molecule has 1 aliphatic carbocycles. The molecule has 154 valence electrons. The molecule has 0 saturated heterocycles. The fraction of sp³-hybridized carbons (Fsp3) is 0.476. The van der Waals surface area contributed by atoms with Crippen LogP contribution in [0, 0.1) is 5.92 Å². The first kappa shape index (κ1) is 22.0. The number of carbonyl (C=O) groups is 1. The second-order valence-electron chi connectivity index (χ2n) is 6.98. The molecule has 0 saturated carbocycles. The van der Waals surface area contributed by atoms with Crippen LogP contribution in [0.2, 0.25) is 0 Å². The van der Waals surface area contributed by atoms with Gasteiger partial charge in [0.25, 0.3) is 0 Å². The second-order valence-corrected chi connectivity index (χ2v) is 8.82. The van der Waals surface area contributed by atoms with E-state index in [9.17, 15) is 13.2 Å². The summed E-state index contributed by atoms with van der Waals surface area (Å²) in [5, 5.41) is 8.64. The van der Waals surface area contributed by atoms with E-state index >= 15 is 0 Å². The summed E-state index contributed by atoms with van der Waals surface area (Å²) in [6.45, 7) is 0. The zero-order valence-corrected chi connectivity index (χ0v) is 17.1. The van der Waals surface area contributed by atoms with Crippen molar-refractivity contribution >= 4 is 16.0 Å². The predicted molar refractivity (Wildman–Crippen MR) is 110 cm³/mol. The summed E-state index contributed by atoms with van der Waals surface area (Å²) in [7, 11) is -1.80. The van der Waals surface area contributed by atoms with Crippen LogP contribution in [-0.2, 0) is 21.2 Å². The summed E-state index contributed by atoms with van der Waals surface area (Å²) in [6, 6.07) is 7.40. The molecule has 0 heterocycles. The number of nitrogens with one attached hydrogen (secondary N) is 1. The molecule has 0 radical (unpaired) electrons. The molecule has 1 aliphatic rings. The number of benzene rings is 1. The Morgan fingerprint density at radius 1 is 1.32 bits per heavy atom. The highest BCUT2D eigenvalue weighted by atomic mass is 32.2. The van der Waals surface area contributed by atoms with Gasteiger partial charge in [-0.05, 0) is 62.1 Å². The van der Waals surface area contributed by atoms with Crippen molar-refractivity contribution in [2.45, 2.75) is 44.9 Å². The number of hydrogen-bond acceptors (Lipinski definition) is 4. The third kappa shape index (κ3) is 8.17. The standard InChI is InChI=1S/C21H29NO5S/c1-27-20-12-10-17(11-13-20)14-15-28(25,26)22-19-8-5-7-18(16-19)6-3-2-4-9-21(23)24/h3,6,10-13,16,18,22H,2,4-5,7-9,14-15H2,1H3,(H,23,24). The van der Waals surface area contributed by atoms with Crippen LogP contribution in [0.15, 0.2) is 48.2 Å². The molecule has 1 unspecified atom stereocenters. The van der Waals surface area contributed by atoms with E-state index in [1.807, 2.05) is 42.5 Å². The number of allylic oxidation sites excluding steroid dienone is 4. The van der Waals surface area contributed by atoms with Crippen LogP contribution >= 0.6 is 0 Å². The summed E-state index contributed by atoms with van der Waals surface area (Å²) in [5.41, 5.74) is 1.70. The molecule has 0 fully saturated rings. The topological polar surface area (TPSA) is 92.7 Å². The number of sulfonamides is 1. The molecule has 2 rings (SSSR count). The summed E-state index contributed by atoms with van der Waals surface area (Å²) >= 11 is 0. The zero-order chi connectivity index (χ0) is 20.4. The Bertz CT molecular complexity index is 797. The van der Waals surface area contributed by atoms with Crippen LogP contribution in [0.3, 0.4) is 0 Å². The largest absolute Gasteiger partial charge is 0.497 e. The lowest BCUT2D eigenvalue weighted by molar-refractivity contribution is -0.137. The first-order valence-corrected chi connectivity index (χ1v) is 11.3. The number of ether oxygens (including phenoxy) is 1. The highest BCUT2D eigenvalue weighted by molar-refractivity contribution is 7.89. The maximum Gasteiger partial charge on any atom is 0.303 e. The lowest BCUT2D eigenvalue weighted by Crippen LogP contribution is -2.28. The number of aryl methyl sites for hydroxylation is 1. The van der Waals surface area contributed by atoms with Gasteiger partial charge in [0.15, 0.2) is 0 Å². The molecule has 0 aliphatic heterocycles. The zero-order valence-electron chi connectivity index (χ0n) is 16.3. The molecular formula is C21H29NO5S. The van der Waals surface area contributed by atoms with E-state index in [1.165, 1.54) is 0 Å². The third-order valence-electron chi connectivity index (χ3n) is 4.65. The van der Waals surface area contributed by atoms with Crippen LogP contribution in [0.25, 0.3) is 0 Å². The summed E-state index contributed by atoms with van der Waals surface area (Å²) in [5.74, 6) is 0.195. The first-order chi connectivity index (χ1) is 13.4. The highest BCUT2D eigenvalue weighted by Gasteiger charge is 2.17. The van der Waals surface area contributed by atoms with Gasteiger partial charge in [0.2, 0.25) is 10.0 Å². The fourth-order valence-electron chi connectivity index (χ4n) is 3.13. The van der Waals surface area contributed by atoms with Gasteiger partial charge >= 0.3 is 5.97 Å². The third-order valence-corrected chi connectivity index (χ3v) is 5.96. The minimum Gasteiger partial charge on any atom is -0.497 e. The Morgan fingerprint density at radius 3 is 2.75 bits per heavy atom. The average molecular weight is 408 g/mol. The van der Waals surface area contributed by atoms with Gasteiger partial charge in [-0.1, -0.05) is 30.4 Å². The van der Waals surface area contributed by atoms with Crippen molar-refractivity contribution in [3.05, 3.63) is 53.8 Å². The summed E-state index contributed by atoms with van der Waals surface area (Å²) in [4.78, 5) is 10.5. The van der Waals surface area contributed by atoms with Gasteiger partial charge in [0.05, 0.1) is 12.9 Å². The molecule has 1 atom stereocenters. The van der Waals surface area contributed by atoms with Crippen molar-refractivity contribution in [1.82, 2.24) is 4.72 Å². The molecule has 0 spiro atoms. The summed E-state index contributed by atoms with van der Waals surface area (Å²) in [6.07, 6.45) is 10.6. The van der Waals surface area contributed by atoms with Gasteiger partial charge in [-0.15, -0.1) is 0 Å². The van der Waals surface area contributed by atoms with Crippen molar-refractivity contribution in [3.63, 3.8) is 0 Å². The van der Waals surface area contributed by atoms with Crippen molar-refractivity contribution < 1.29 is 23.1 Å². The molecule has 1 aromatic carbocycles. The fourth-order valence-corrected chi connectivity index (χ4v) is 4.30. The Morgan fingerprint density at radius 2 is 2.07 bits per heavy atom. The van der Waals surface area contributed by atoms with Crippen LogP contribution in [-0.4, -0.2) is 32.4 Å². The van der Waals surface area contributed by atoms with E-state index in [1.54, 1.807) is 7.11 Å². The Balaban J connectivity index is 1.84. The highest BCUT2D eigenvalue weighted by Crippen LogP contribution is 2.23.